The number of pyridine rings is 1. The summed E-state index contributed by atoms with van der Waals surface area (Å²) < 4.78 is 5.75. The van der Waals surface area contributed by atoms with Crippen LogP contribution in [0.5, 0.6) is 0 Å². The first kappa shape index (κ1) is 25.9. The van der Waals surface area contributed by atoms with Gasteiger partial charge in [0.05, 0.1) is 0 Å². The maximum Gasteiger partial charge on any atom is 0.276 e. The molecule has 2 N–H and O–H groups in total. The predicted molar refractivity (Wildman–Crippen MR) is 128 cm³/mol. The highest BCUT2D eigenvalue weighted by Gasteiger charge is 2.43. The number of thioether (sulfide) groups is 1. The van der Waals surface area contributed by atoms with Gasteiger partial charge in [-0.05, 0) is 37.3 Å². The number of hydrogen-bond acceptors (Lipinski definition) is 8. The monoisotopic (exact) mass is 487 g/mol. The molecule has 0 unspecified atom stereocenters. The van der Waals surface area contributed by atoms with E-state index in [9.17, 15) is 14.4 Å². The van der Waals surface area contributed by atoms with E-state index in [0.717, 1.165) is 19.3 Å². The smallest absolute Gasteiger partial charge is 0.276 e. The van der Waals surface area contributed by atoms with Crippen LogP contribution in [-0.4, -0.2) is 43.7 Å². The minimum absolute atomic E-state index is 0.161. The molecular formula is C24H33N5O4S. The summed E-state index contributed by atoms with van der Waals surface area (Å²) in [5.74, 6) is -1.75. The molecule has 2 heterocycles. The van der Waals surface area contributed by atoms with Crippen LogP contribution >= 0.6 is 11.8 Å². The van der Waals surface area contributed by atoms with E-state index < -0.39 is 23.3 Å². The summed E-state index contributed by atoms with van der Waals surface area (Å²) in [7, 11) is 0. The molecule has 0 aromatic carbocycles. The number of rotatable bonds is 9. The summed E-state index contributed by atoms with van der Waals surface area (Å²) in [5, 5.41) is 14.2. The minimum Gasteiger partial charge on any atom is -0.415 e. The third-order valence-electron chi connectivity index (χ3n) is 5.75. The second kappa shape index (κ2) is 11.6. The van der Waals surface area contributed by atoms with Crippen LogP contribution in [0.4, 0.5) is 0 Å². The van der Waals surface area contributed by atoms with Gasteiger partial charge in [-0.3, -0.25) is 24.7 Å². The van der Waals surface area contributed by atoms with Crippen molar-refractivity contribution in [2.75, 3.05) is 0 Å². The zero-order chi connectivity index (χ0) is 24.7. The zero-order valence-electron chi connectivity index (χ0n) is 20.2. The van der Waals surface area contributed by atoms with Gasteiger partial charge in [-0.1, -0.05) is 58.7 Å². The molecule has 10 heteroatoms. The number of carbonyl (C=O) groups is 3. The molecule has 0 radical (unpaired) electrons. The van der Waals surface area contributed by atoms with Crippen LogP contribution in [0.3, 0.4) is 0 Å². The second-order valence-electron chi connectivity index (χ2n) is 9.41. The van der Waals surface area contributed by atoms with E-state index in [0.29, 0.717) is 30.0 Å². The van der Waals surface area contributed by atoms with E-state index in [1.165, 1.54) is 24.2 Å². The van der Waals surface area contributed by atoms with Gasteiger partial charge in [0.2, 0.25) is 11.8 Å². The highest BCUT2D eigenvalue weighted by molar-refractivity contribution is 7.99. The van der Waals surface area contributed by atoms with Crippen molar-refractivity contribution in [1.29, 1.82) is 0 Å². The second-order valence-corrected chi connectivity index (χ2v) is 10.9. The van der Waals surface area contributed by atoms with E-state index in [1.807, 2.05) is 27.7 Å². The van der Waals surface area contributed by atoms with Gasteiger partial charge in [0, 0.05) is 23.2 Å². The van der Waals surface area contributed by atoms with Crippen molar-refractivity contribution in [3.8, 4) is 0 Å². The topological polar surface area (TPSA) is 127 Å². The predicted octanol–water partition coefficient (Wildman–Crippen LogP) is 3.87. The molecule has 1 atom stereocenters. The van der Waals surface area contributed by atoms with Gasteiger partial charge in [-0.15, -0.1) is 10.2 Å². The Bertz CT molecular complexity index is 986. The molecule has 2 aromatic heterocycles. The Balaban J connectivity index is 1.78. The molecule has 3 rings (SSSR count). The van der Waals surface area contributed by atoms with Crippen molar-refractivity contribution in [1.82, 2.24) is 25.8 Å². The molecule has 1 saturated carbocycles. The average Bonchev–Trinajstić information content (AvgIpc) is 3.25. The molecular weight excluding hydrogens is 454 g/mol. The van der Waals surface area contributed by atoms with Gasteiger partial charge in [0.25, 0.3) is 17.0 Å². The van der Waals surface area contributed by atoms with Crippen molar-refractivity contribution in [3.05, 3.63) is 36.0 Å². The van der Waals surface area contributed by atoms with Gasteiger partial charge in [-0.25, -0.2) is 0 Å². The van der Waals surface area contributed by atoms with Gasteiger partial charge < -0.3 is 9.73 Å². The van der Waals surface area contributed by atoms with Gasteiger partial charge >= 0.3 is 0 Å². The van der Waals surface area contributed by atoms with Crippen LogP contribution in [0.15, 0.2) is 34.2 Å². The lowest BCUT2D eigenvalue weighted by atomic mass is 9.80. The van der Waals surface area contributed by atoms with E-state index in [4.69, 9.17) is 4.42 Å². The Morgan fingerprint density at radius 1 is 1.06 bits per heavy atom. The lowest BCUT2D eigenvalue weighted by Crippen LogP contribution is -2.61. The van der Waals surface area contributed by atoms with Crippen molar-refractivity contribution in [2.24, 2.45) is 5.92 Å². The maximum absolute atomic E-state index is 13.4. The van der Waals surface area contributed by atoms with E-state index in [1.54, 1.807) is 12.1 Å². The summed E-state index contributed by atoms with van der Waals surface area (Å²) in [4.78, 5) is 43.5. The lowest BCUT2D eigenvalue weighted by molar-refractivity contribution is -0.136. The maximum atomic E-state index is 13.4. The third kappa shape index (κ3) is 6.65. The molecule has 0 aliphatic heterocycles. The Hall–Kier alpha value is -2.75. The summed E-state index contributed by atoms with van der Waals surface area (Å²) >= 11 is 1.42. The first-order valence-electron chi connectivity index (χ1n) is 11.8. The molecule has 1 aliphatic carbocycles. The Labute approximate surface area is 204 Å². The largest absolute Gasteiger partial charge is 0.415 e. The van der Waals surface area contributed by atoms with Crippen LogP contribution in [0.2, 0.25) is 0 Å². The van der Waals surface area contributed by atoms with Crippen molar-refractivity contribution < 1.29 is 18.8 Å². The zero-order valence-corrected chi connectivity index (χ0v) is 21.0. The van der Waals surface area contributed by atoms with E-state index >= 15 is 0 Å². The molecule has 184 valence electrons. The summed E-state index contributed by atoms with van der Waals surface area (Å²) in [6, 6.07) is 3.19. The summed E-state index contributed by atoms with van der Waals surface area (Å²) in [6.45, 7) is 7.99. The Morgan fingerprint density at radius 2 is 1.74 bits per heavy atom. The molecule has 0 spiro atoms. The average molecular weight is 488 g/mol. The van der Waals surface area contributed by atoms with Gasteiger partial charge in [0.15, 0.2) is 0 Å². The number of hydrogen-bond donors (Lipinski definition) is 2. The van der Waals surface area contributed by atoms with Crippen LogP contribution in [0.25, 0.3) is 0 Å². The van der Waals surface area contributed by atoms with Crippen LogP contribution in [0, 0.1) is 5.92 Å². The number of carbonyl (C=O) groups excluding carboxylic acids is 3. The molecule has 0 bridgehead atoms. The minimum atomic E-state index is -1.15. The summed E-state index contributed by atoms with van der Waals surface area (Å²) in [5.41, 5.74) is -0.734. The molecule has 2 aromatic rings. The van der Waals surface area contributed by atoms with Crippen molar-refractivity contribution >= 4 is 29.5 Å². The Kier molecular flexibility index (Phi) is 8.82. The number of nitrogens with zero attached hydrogens (tertiary/aromatic N) is 3. The molecule has 1 aliphatic rings. The fourth-order valence-corrected chi connectivity index (χ4v) is 4.70. The highest BCUT2D eigenvalue weighted by atomic mass is 32.2. The molecule has 0 saturated heterocycles. The van der Waals surface area contributed by atoms with Crippen LogP contribution in [-0.2, 0) is 9.59 Å². The van der Waals surface area contributed by atoms with Gasteiger partial charge in [-0.2, -0.15) is 0 Å². The van der Waals surface area contributed by atoms with Crippen LogP contribution in [0.1, 0.15) is 88.4 Å². The number of amides is 3. The molecule has 3 amide bonds. The standard InChI is InChI=1S/C24H33N5O4S/c1-15(2)14-18(21-28-29-23(33-21)34-16(3)4)20(31)26-22(32)24(10-6-5-7-11-24)27-19(30)17-8-12-25-13-9-17/h8-9,12-13,15-16,18H,5-7,10-11,14H2,1-4H3,(H,27,30)(H,26,31,32)/t18-/m1/s1. The van der Waals surface area contributed by atoms with E-state index in [-0.39, 0.29) is 23.0 Å². The number of imide groups is 1. The summed E-state index contributed by atoms with van der Waals surface area (Å²) in [6.07, 6.45) is 6.98. The molecule has 9 nitrogen and oxygen atoms in total. The molecule has 1 fully saturated rings. The first-order chi connectivity index (χ1) is 16.2. The quantitative estimate of drug-likeness (QED) is 0.510. The number of aromatic nitrogens is 3. The Morgan fingerprint density at radius 3 is 2.35 bits per heavy atom. The first-order valence-corrected chi connectivity index (χ1v) is 12.7. The normalized spacial score (nSPS) is 16.3. The van der Waals surface area contributed by atoms with Crippen LogP contribution < -0.4 is 10.6 Å². The van der Waals surface area contributed by atoms with Crippen molar-refractivity contribution in [3.63, 3.8) is 0 Å². The lowest BCUT2D eigenvalue weighted by Gasteiger charge is -2.36. The fourth-order valence-electron chi connectivity index (χ4n) is 4.08. The van der Waals surface area contributed by atoms with Gasteiger partial charge in [0.1, 0.15) is 11.5 Å². The number of nitrogens with one attached hydrogen (secondary N) is 2. The third-order valence-corrected chi connectivity index (χ3v) is 6.59. The van der Waals surface area contributed by atoms with E-state index in [2.05, 4.69) is 25.8 Å². The van der Waals surface area contributed by atoms with Crippen molar-refractivity contribution in [2.45, 2.75) is 88.1 Å². The molecule has 34 heavy (non-hydrogen) atoms. The SMILES string of the molecule is CC(C)C[C@H](C(=O)NC(=O)C1(NC(=O)c2ccncc2)CCCCC1)c1nnc(SC(C)C)o1. The fraction of sp³-hybridized carbons (Fsp3) is 0.583. The highest BCUT2D eigenvalue weighted by Crippen LogP contribution is 2.31.